The van der Waals surface area contributed by atoms with Crippen LogP contribution in [-0.2, 0) is 0 Å². The Morgan fingerprint density at radius 2 is 2.08 bits per heavy atom. The third kappa shape index (κ3) is 4.23. The normalized spacial score (nSPS) is 20.8. The number of hydrogen-bond donors (Lipinski definition) is 1. The summed E-state index contributed by atoms with van der Waals surface area (Å²) in [5, 5.41) is 3.38. The van der Waals surface area contributed by atoms with E-state index in [4.69, 9.17) is 0 Å². The Hall–Kier alpha value is 0.137. The molecule has 2 nitrogen and oxygen atoms in total. The summed E-state index contributed by atoms with van der Waals surface area (Å²) in [4.78, 5) is 2.60. The highest BCUT2D eigenvalue weighted by atomic mass is 28.2. The molecule has 72 valence electrons. The zero-order valence-electron chi connectivity index (χ0n) is 8.31. The molecule has 0 bridgehead atoms. The van der Waals surface area contributed by atoms with Gasteiger partial charge in [0.15, 0.2) is 0 Å². The van der Waals surface area contributed by atoms with Crippen LogP contribution in [0.5, 0.6) is 0 Å². The third-order valence-electron chi connectivity index (χ3n) is 2.54. The van der Waals surface area contributed by atoms with E-state index in [-0.39, 0.29) is 0 Å². The van der Waals surface area contributed by atoms with Gasteiger partial charge in [-0.25, -0.2) is 0 Å². The van der Waals surface area contributed by atoms with E-state index in [1.54, 1.807) is 6.04 Å². The van der Waals surface area contributed by atoms with Crippen molar-refractivity contribution in [3.05, 3.63) is 0 Å². The van der Waals surface area contributed by atoms with Crippen molar-refractivity contribution in [1.29, 1.82) is 0 Å². The van der Waals surface area contributed by atoms with Crippen LogP contribution in [0.25, 0.3) is 0 Å². The molecule has 0 amide bonds. The van der Waals surface area contributed by atoms with E-state index < -0.39 is 0 Å². The molecule has 1 fully saturated rings. The molecule has 1 aliphatic heterocycles. The van der Waals surface area contributed by atoms with Crippen LogP contribution < -0.4 is 5.32 Å². The van der Waals surface area contributed by atoms with Gasteiger partial charge < -0.3 is 10.2 Å². The lowest BCUT2D eigenvalue weighted by molar-refractivity contribution is 0.241. The van der Waals surface area contributed by atoms with Crippen molar-refractivity contribution in [2.24, 2.45) is 0 Å². The number of rotatable bonds is 5. The fraction of sp³-hybridized carbons (Fsp3) is 1.00. The largest absolute Gasteiger partial charge is 0.314 e. The van der Waals surface area contributed by atoms with Gasteiger partial charge in [-0.3, -0.25) is 0 Å². The number of piperazine rings is 1. The van der Waals surface area contributed by atoms with Crippen LogP contribution in [0, 0.1) is 0 Å². The summed E-state index contributed by atoms with van der Waals surface area (Å²) in [7, 11) is 0.333. The second-order valence-corrected chi connectivity index (χ2v) is 6.07. The van der Waals surface area contributed by atoms with E-state index in [1.807, 2.05) is 0 Å². The molecule has 0 unspecified atom stereocenters. The first-order chi connectivity index (χ1) is 5.93. The van der Waals surface area contributed by atoms with Crippen LogP contribution in [0.1, 0.15) is 13.3 Å². The van der Waals surface area contributed by atoms with E-state index in [2.05, 4.69) is 17.1 Å². The predicted octanol–water partition coefficient (Wildman–Crippen LogP) is 0.307. The number of nitrogens with zero attached hydrogens (tertiary/aromatic N) is 1. The van der Waals surface area contributed by atoms with Crippen LogP contribution in [0.2, 0.25) is 12.1 Å². The van der Waals surface area contributed by atoms with E-state index >= 15 is 0 Å². The van der Waals surface area contributed by atoms with E-state index in [0.717, 1.165) is 0 Å². The molecule has 0 radical (unpaired) electrons. The van der Waals surface area contributed by atoms with E-state index in [9.17, 15) is 0 Å². The van der Waals surface area contributed by atoms with Crippen LogP contribution in [0.15, 0.2) is 0 Å². The molecule has 1 saturated heterocycles. The maximum atomic E-state index is 3.38. The SMILES string of the molecule is CC[SiH2]CCCN1CCNCC1. The topological polar surface area (TPSA) is 15.3 Å². The summed E-state index contributed by atoms with van der Waals surface area (Å²) in [6, 6.07) is 3.04. The van der Waals surface area contributed by atoms with Gasteiger partial charge in [0.2, 0.25) is 0 Å². The molecule has 0 aliphatic carbocycles. The first-order valence-corrected chi connectivity index (χ1v) is 7.36. The fourth-order valence-electron chi connectivity index (χ4n) is 1.70. The molecule has 0 atom stereocenters. The summed E-state index contributed by atoms with van der Waals surface area (Å²) >= 11 is 0. The highest BCUT2D eigenvalue weighted by Crippen LogP contribution is 1.98. The molecule has 0 saturated carbocycles. The minimum atomic E-state index is 0.333. The van der Waals surface area contributed by atoms with Gasteiger partial charge in [-0.2, -0.15) is 0 Å². The standard InChI is InChI=1S/C9H22N2Si/c1-2-12-9-3-6-11-7-4-10-5-8-11/h10H,2-9,12H2,1H3. The molecule has 3 heteroatoms. The molecule has 0 spiro atoms. The smallest absolute Gasteiger partial charge is 0.0195 e. The Bertz CT molecular complexity index is 103. The lowest BCUT2D eigenvalue weighted by Crippen LogP contribution is -2.43. The van der Waals surface area contributed by atoms with Crippen molar-refractivity contribution in [2.75, 3.05) is 32.7 Å². The minimum Gasteiger partial charge on any atom is -0.314 e. The molecule has 0 aromatic heterocycles. The van der Waals surface area contributed by atoms with Crippen molar-refractivity contribution in [3.8, 4) is 0 Å². The first kappa shape index (κ1) is 10.2. The van der Waals surface area contributed by atoms with Crippen molar-refractivity contribution in [2.45, 2.75) is 25.4 Å². The van der Waals surface area contributed by atoms with Crippen molar-refractivity contribution in [3.63, 3.8) is 0 Å². The second kappa shape index (κ2) is 6.63. The molecule has 1 aliphatic rings. The van der Waals surface area contributed by atoms with Gasteiger partial charge in [-0.15, -0.1) is 0 Å². The maximum Gasteiger partial charge on any atom is 0.0195 e. The molecule has 1 heterocycles. The number of nitrogens with one attached hydrogen (secondary N) is 1. The highest BCUT2D eigenvalue weighted by Gasteiger charge is 2.07. The van der Waals surface area contributed by atoms with Gasteiger partial charge >= 0.3 is 0 Å². The summed E-state index contributed by atoms with van der Waals surface area (Å²) in [6.45, 7) is 8.63. The van der Waals surface area contributed by atoms with Crippen molar-refractivity contribution in [1.82, 2.24) is 10.2 Å². The van der Waals surface area contributed by atoms with Crippen LogP contribution >= 0.6 is 0 Å². The summed E-state index contributed by atoms with van der Waals surface area (Å²) < 4.78 is 0. The van der Waals surface area contributed by atoms with E-state index in [1.165, 1.54) is 45.2 Å². The van der Waals surface area contributed by atoms with Gasteiger partial charge in [0.1, 0.15) is 0 Å². The fourth-order valence-corrected chi connectivity index (χ4v) is 2.77. The average molecular weight is 186 g/mol. The molecule has 0 aromatic rings. The summed E-state index contributed by atoms with van der Waals surface area (Å²) in [5.41, 5.74) is 0. The predicted molar refractivity (Wildman–Crippen MR) is 57.8 cm³/mol. The van der Waals surface area contributed by atoms with Gasteiger partial charge in [-0.1, -0.05) is 19.0 Å². The van der Waals surface area contributed by atoms with Crippen LogP contribution in [0.4, 0.5) is 0 Å². The van der Waals surface area contributed by atoms with E-state index in [0.29, 0.717) is 9.52 Å². The summed E-state index contributed by atoms with van der Waals surface area (Å²) in [6.07, 6.45) is 1.46. The van der Waals surface area contributed by atoms with Crippen molar-refractivity contribution >= 4 is 9.52 Å². The lowest BCUT2D eigenvalue weighted by Gasteiger charge is -2.26. The first-order valence-electron chi connectivity index (χ1n) is 5.36. The Labute approximate surface area is 78.5 Å². The second-order valence-electron chi connectivity index (χ2n) is 3.65. The lowest BCUT2D eigenvalue weighted by atomic mass is 10.3. The van der Waals surface area contributed by atoms with Gasteiger partial charge in [0.05, 0.1) is 0 Å². The third-order valence-corrected chi connectivity index (χ3v) is 4.24. The Morgan fingerprint density at radius 3 is 2.75 bits per heavy atom. The quantitative estimate of drug-likeness (QED) is 0.491. The maximum absolute atomic E-state index is 3.38. The molecule has 1 rings (SSSR count). The molecule has 12 heavy (non-hydrogen) atoms. The van der Waals surface area contributed by atoms with Crippen LogP contribution in [-0.4, -0.2) is 47.1 Å². The average Bonchev–Trinajstić information content (AvgIpc) is 2.14. The summed E-state index contributed by atoms with van der Waals surface area (Å²) in [5.74, 6) is 0. The number of hydrogen-bond acceptors (Lipinski definition) is 2. The van der Waals surface area contributed by atoms with Gasteiger partial charge in [-0.05, 0) is 13.0 Å². The van der Waals surface area contributed by atoms with Gasteiger partial charge in [0, 0.05) is 35.7 Å². The van der Waals surface area contributed by atoms with Crippen LogP contribution in [0.3, 0.4) is 0 Å². The Balaban J connectivity index is 1.91. The molecular formula is C9H22N2Si. The van der Waals surface area contributed by atoms with Gasteiger partial charge in [0.25, 0.3) is 0 Å². The zero-order chi connectivity index (χ0) is 8.65. The molecule has 0 aromatic carbocycles. The molecule has 1 N–H and O–H groups in total. The monoisotopic (exact) mass is 186 g/mol. The highest BCUT2D eigenvalue weighted by molar-refractivity contribution is 6.35. The van der Waals surface area contributed by atoms with Crippen molar-refractivity contribution < 1.29 is 0 Å². The Kier molecular flexibility index (Phi) is 5.65. The molecular weight excluding hydrogens is 164 g/mol. The zero-order valence-corrected chi connectivity index (χ0v) is 9.73. The Morgan fingerprint density at radius 1 is 1.33 bits per heavy atom. The minimum absolute atomic E-state index is 0.333.